The molecular weight excluding hydrogens is 263 g/mol. The first-order valence-corrected chi connectivity index (χ1v) is 5.06. The summed E-state index contributed by atoms with van der Waals surface area (Å²) in [5.74, 6) is -0.0883. The number of anilines is 1. The Kier molecular flexibility index (Phi) is 2.48. The Morgan fingerprint density at radius 3 is 2.80 bits per heavy atom. The molecule has 2 rings (SSSR count). The van der Waals surface area contributed by atoms with Gasteiger partial charge in [0.05, 0.1) is 4.47 Å². The van der Waals surface area contributed by atoms with Gasteiger partial charge in [-0.25, -0.2) is 4.39 Å². The van der Waals surface area contributed by atoms with Gasteiger partial charge in [-0.3, -0.25) is 0 Å². The molecule has 0 unspecified atom stereocenters. The molecule has 0 radical (unpaired) electrons. The van der Waals surface area contributed by atoms with Crippen LogP contribution in [0.15, 0.2) is 27.2 Å². The Morgan fingerprint density at radius 2 is 2.20 bits per heavy atom. The minimum absolute atomic E-state index is 0.251. The van der Waals surface area contributed by atoms with Crippen molar-refractivity contribution >= 4 is 21.8 Å². The van der Waals surface area contributed by atoms with Crippen LogP contribution < -0.4 is 5.73 Å². The predicted molar refractivity (Wildman–Crippen MR) is 58.7 cm³/mol. The quantitative estimate of drug-likeness (QED) is 0.866. The number of nitrogens with zero attached hydrogens (tertiary/aromatic N) is 1. The summed E-state index contributed by atoms with van der Waals surface area (Å²) in [6.07, 6.45) is 0. The van der Waals surface area contributed by atoms with Crippen molar-refractivity contribution in [2.24, 2.45) is 0 Å². The molecule has 78 valence electrons. The lowest BCUT2D eigenvalue weighted by Crippen LogP contribution is -1.87. The van der Waals surface area contributed by atoms with E-state index in [9.17, 15) is 4.39 Å². The van der Waals surface area contributed by atoms with Crippen LogP contribution in [0.1, 0.15) is 5.56 Å². The largest absolute Gasteiger partial charge is 0.367 e. The maximum Gasteiger partial charge on any atom is 0.225 e. The fourth-order valence-corrected chi connectivity index (χ4v) is 1.74. The van der Waals surface area contributed by atoms with Crippen LogP contribution in [0.5, 0.6) is 0 Å². The summed E-state index contributed by atoms with van der Waals surface area (Å²) < 4.78 is 18.5. The normalized spacial score (nSPS) is 10.6. The molecule has 0 aliphatic heterocycles. The lowest BCUT2D eigenvalue weighted by Gasteiger charge is -2.01. The Morgan fingerprint density at radius 1 is 1.47 bits per heavy atom. The van der Waals surface area contributed by atoms with E-state index < -0.39 is 0 Å². The highest BCUT2D eigenvalue weighted by Crippen LogP contribution is 2.33. The van der Waals surface area contributed by atoms with Crippen molar-refractivity contribution in [1.82, 2.24) is 5.16 Å². The zero-order valence-corrected chi connectivity index (χ0v) is 9.51. The summed E-state index contributed by atoms with van der Waals surface area (Å²) in [4.78, 5) is 0. The molecule has 15 heavy (non-hydrogen) atoms. The van der Waals surface area contributed by atoms with Gasteiger partial charge in [-0.1, -0.05) is 17.3 Å². The van der Waals surface area contributed by atoms with E-state index in [-0.39, 0.29) is 11.7 Å². The third kappa shape index (κ3) is 1.63. The Balaban J connectivity index is 2.64. The molecule has 0 aliphatic carbocycles. The highest BCUT2D eigenvalue weighted by Gasteiger charge is 2.15. The number of halogens is 2. The molecule has 0 fully saturated rings. The molecule has 0 amide bonds. The molecule has 0 atom stereocenters. The number of aromatic nitrogens is 1. The summed E-state index contributed by atoms with van der Waals surface area (Å²) in [5.41, 5.74) is 7.42. The van der Waals surface area contributed by atoms with Gasteiger partial charge in [0.25, 0.3) is 0 Å². The van der Waals surface area contributed by atoms with Crippen molar-refractivity contribution in [3.05, 3.63) is 34.1 Å². The van der Waals surface area contributed by atoms with Crippen LogP contribution in [0.3, 0.4) is 0 Å². The molecule has 2 aromatic rings. The van der Waals surface area contributed by atoms with E-state index in [0.717, 1.165) is 0 Å². The number of nitrogen functional groups attached to an aromatic ring is 1. The number of nitrogens with two attached hydrogens (primary N) is 1. The van der Waals surface area contributed by atoms with E-state index >= 15 is 0 Å². The van der Waals surface area contributed by atoms with Gasteiger partial charge in [0.1, 0.15) is 11.5 Å². The topological polar surface area (TPSA) is 52.0 Å². The van der Waals surface area contributed by atoms with Gasteiger partial charge in [-0.05, 0) is 28.9 Å². The smallest absolute Gasteiger partial charge is 0.225 e. The highest BCUT2D eigenvalue weighted by molar-refractivity contribution is 9.10. The lowest BCUT2D eigenvalue weighted by molar-refractivity contribution is 0.438. The summed E-state index contributed by atoms with van der Waals surface area (Å²) in [7, 11) is 0. The fourth-order valence-electron chi connectivity index (χ4n) is 1.29. The first kappa shape index (κ1) is 10.2. The van der Waals surface area contributed by atoms with Gasteiger partial charge in [0.15, 0.2) is 0 Å². The summed E-state index contributed by atoms with van der Waals surface area (Å²) in [5, 5.41) is 3.79. The van der Waals surface area contributed by atoms with Crippen LogP contribution in [-0.2, 0) is 0 Å². The Bertz CT molecular complexity index is 510. The van der Waals surface area contributed by atoms with Crippen molar-refractivity contribution in [2.45, 2.75) is 6.92 Å². The molecule has 1 aromatic carbocycles. The molecule has 1 heterocycles. The Labute approximate surface area is 94.2 Å². The molecule has 0 spiro atoms. The number of benzene rings is 1. The molecule has 0 saturated carbocycles. The molecule has 5 heteroatoms. The van der Waals surface area contributed by atoms with Crippen molar-refractivity contribution in [2.75, 3.05) is 5.73 Å². The molecule has 0 saturated heterocycles. The average molecular weight is 271 g/mol. The maximum atomic E-state index is 13.3. The van der Waals surface area contributed by atoms with Gasteiger partial charge in [-0.2, -0.15) is 0 Å². The SMILES string of the molecule is Cc1c(-c2cccc(F)c2Br)noc1N. The van der Waals surface area contributed by atoms with Crippen molar-refractivity contribution in [1.29, 1.82) is 0 Å². The van der Waals surface area contributed by atoms with Crippen LogP contribution >= 0.6 is 15.9 Å². The van der Waals surface area contributed by atoms with E-state index in [1.165, 1.54) is 6.07 Å². The summed E-state index contributed by atoms with van der Waals surface area (Å²) >= 11 is 3.16. The van der Waals surface area contributed by atoms with Crippen LogP contribution in [0.4, 0.5) is 10.3 Å². The predicted octanol–water partition coefficient (Wildman–Crippen LogP) is 3.13. The summed E-state index contributed by atoms with van der Waals surface area (Å²) in [6.45, 7) is 1.78. The summed E-state index contributed by atoms with van der Waals surface area (Å²) in [6, 6.07) is 4.73. The zero-order chi connectivity index (χ0) is 11.0. The average Bonchev–Trinajstić information content (AvgIpc) is 2.53. The van der Waals surface area contributed by atoms with Gasteiger partial charge >= 0.3 is 0 Å². The second kappa shape index (κ2) is 3.66. The number of hydrogen-bond donors (Lipinski definition) is 1. The third-order valence-electron chi connectivity index (χ3n) is 2.17. The first-order chi connectivity index (χ1) is 7.11. The molecule has 3 nitrogen and oxygen atoms in total. The lowest BCUT2D eigenvalue weighted by atomic mass is 10.1. The van der Waals surface area contributed by atoms with Gasteiger partial charge in [-0.15, -0.1) is 0 Å². The van der Waals surface area contributed by atoms with Crippen molar-refractivity contribution in [3.8, 4) is 11.3 Å². The van der Waals surface area contributed by atoms with E-state index in [2.05, 4.69) is 21.1 Å². The number of rotatable bonds is 1. The molecule has 0 aliphatic rings. The molecule has 1 aromatic heterocycles. The molecule has 0 bridgehead atoms. The zero-order valence-electron chi connectivity index (χ0n) is 7.92. The van der Waals surface area contributed by atoms with E-state index in [1.807, 2.05) is 0 Å². The second-order valence-electron chi connectivity index (χ2n) is 3.12. The van der Waals surface area contributed by atoms with Crippen LogP contribution in [0.25, 0.3) is 11.3 Å². The Hall–Kier alpha value is -1.36. The fraction of sp³-hybridized carbons (Fsp3) is 0.100. The van der Waals surface area contributed by atoms with Gasteiger partial charge in [0.2, 0.25) is 5.88 Å². The molecule has 2 N–H and O–H groups in total. The highest BCUT2D eigenvalue weighted by atomic mass is 79.9. The molecular formula is C10H8BrFN2O. The second-order valence-corrected chi connectivity index (χ2v) is 3.91. The standard InChI is InChI=1S/C10H8BrFN2O/c1-5-9(14-15-10(5)13)6-3-2-4-7(12)8(6)11/h2-4H,13H2,1H3. The van der Waals surface area contributed by atoms with Crippen LogP contribution in [-0.4, -0.2) is 5.16 Å². The third-order valence-corrected chi connectivity index (χ3v) is 2.97. The number of hydrogen-bond acceptors (Lipinski definition) is 3. The van der Waals surface area contributed by atoms with Crippen molar-refractivity contribution in [3.63, 3.8) is 0 Å². The van der Waals surface area contributed by atoms with Gasteiger partial charge in [0, 0.05) is 11.1 Å². The minimum atomic E-state index is -0.339. The van der Waals surface area contributed by atoms with Gasteiger partial charge < -0.3 is 10.3 Å². The minimum Gasteiger partial charge on any atom is -0.367 e. The van der Waals surface area contributed by atoms with Crippen molar-refractivity contribution < 1.29 is 8.91 Å². The first-order valence-electron chi connectivity index (χ1n) is 4.27. The van der Waals surface area contributed by atoms with E-state index in [4.69, 9.17) is 10.3 Å². The van der Waals surface area contributed by atoms with E-state index in [0.29, 0.717) is 21.3 Å². The maximum absolute atomic E-state index is 13.3. The van der Waals surface area contributed by atoms with Crippen LogP contribution in [0, 0.1) is 12.7 Å². The monoisotopic (exact) mass is 270 g/mol. The van der Waals surface area contributed by atoms with E-state index in [1.54, 1.807) is 19.1 Å². The van der Waals surface area contributed by atoms with Crippen LogP contribution in [0.2, 0.25) is 0 Å².